The normalized spacial score (nSPS) is 14.9. The summed E-state index contributed by atoms with van der Waals surface area (Å²) in [6.45, 7) is 2.68. The van der Waals surface area contributed by atoms with Crippen molar-refractivity contribution in [3.63, 3.8) is 0 Å². The number of halogens is 1. The molecule has 32 heavy (non-hydrogen) atoms. The fourth-order valence-corrected chi connectivity index (χ4v) is 4.94. The van der Waals surface area contributed by atoms with Crippen molar-refractivity contribution in [3.05, 3.63) is 82.8 Å². The topological polar surface area (TPSA) is 63.0 Å². The van der Waals surface area contributed by atoms with Crippen LogP contribution in [-0.4, -0.2) is 48.3 Å². The van der Waals surface area contributed by atoms with Crippen molar-refractivity contribution in [3.8, 4) is 5.75 Å². The summed E-state index contributed by atoms with van der Waals surface area (Å²) in [6, 6.07) is 18.6. The monoisotopic (exact) mass is 472 g/mol. The molecule has 4 rings (SSSR count). The minimum atomic E-state index is -1.14. The average molecular weight is 473 g/mol. The van der Waals surface area contributed by atoms with Crippen LogP contribution in [0.4, 0.5) is 5.69 Å². The van der Waals surface area contributed by atoms with Gasteiger partial charge in [0.15, 0.2) is 5.76 Å². The Hall–Kier alpha value is -2.77. The quantitative estimate of drug-likeness (QED) is 0.511. The lowest BCUT2D eigenvalue weighted by atomic mass is 10.2. The molecule has 1 saturated heterocycles. The van der Waals surface area contributed by atoms with Gasteiger partial charge in [-0.25, -0.2) is 0 Å². The largest absolute Gasteiger partial charge is 0.497 e. The van der Waals surface area contributed by atoms with Gasteiger partial charge in [0, 0.05) is 59.5 Å². The molecular weight excluding hydrogens is 448 g/mol. The minimum Gasteiger partial charge on any atom is -0.497 e. The van der Waals surface area contributed by atoms with Gasteiger partial charge in [-0.05, 0) is 42.0 Å². The van der Waals surface area contributed by atoms with E-state index >= 15 is 0 Å². The van der Waals surface area contributed by atoms with E-state index in [1.807, 2.05) is 36.4 Å². The van der Waals surface area contributed by atoms with Crippen molar-refractivity contribution in [1.29, 1.82) is 0 Å². The molecule has 0 bridgehead atoms. The van der Waals surface area contributed by atoms with Crippen LogP contribution in [0.25, 0.3) is 0 Å². The molecule has 3 aromatic rings. The maximum Gasteiger partial charge on any atom is 0.289 e. The fourth-order valence-electron chi connectivity index (χ4n) is 3.68. The molecule has 2 aromatic carbocycles. The predicted octanol–water partition coefficient (Wildman–Crippen LogP) is 4.35. The van der Waals surface area contributed by atoms with Crippen molar-refractivity contribution in [1.82, 2.24) is 4.90 Å². The van der Waals surface area contributed by atoms with Crippen LogP contribution in [-0.2, 0) is 22.3 Å². The second-order valence-corrected chi connectivity index (χ2v) is 9.50. The maximum atomic E-state index is 12.9. The number of rotatable bonds is 7. The van der Waals surface area contributed by atoms with E-state index in [-0.39, 0.29) is 11.7 Å². The summed E-state index contributed by atoms with van der Waals surface area (Å²) in [4.78, 5) is 16.9. The van der Waals surface area contributed by atoms with Gasteiger partial charge in [0.1, 0.15) is 11.5 Å². The number of benzene rings is 2. The van der Waals surface area contributed by atoms with Gasteiger partial charge in [-0.2, -0.15) is 0 Å². The van der Waals surface area contributed by atoms with Crippen molar-refractivity contribution < 1.29 is 18.2 Å². The number of amides is 1. The number of furan rings is 1. The number of piperazine rings is 1. The summed E-state index contributed by atoms with van der Waals surface area (Å²) < 4.78 is 23.5. The third kappa shape index (κ3) is 5.53. The van der Waals surface area contributed by atoms with E-state index in [9.17, 15) is 9.00 Å². The predicted molar refractivity (Wildman–Crippen MR) is 127 cm³/mol. The van der Waals surface area contributed by atoms with Gasteiger partial charge in [-0.3, -0.25) is 9.00 Å². The van der Waals surface area contributed by atoms with Crippen LogP contribution in [0.3, 0.4) is 0 Å². The summed E-state index contributed by atoms with van der Waals surface area (Å²) in [5, 5.41) is 0.651. The molecule has 6 nitrogen and oxygen atoms in total. The molecule has 1 atom stereocenters. The molecule has 2 heterocycles. The van der Waals surface area contributed by atoms with Crippen LogP contribution >= 0.6 is 11.6 Å². The minimum absolute atomic E-state index is 0.134. The van der Waals surface area contributed by atoms with E-state index in [1.165, 1.54) is 0 Å². The first-order valence-electron chi connectivity index (χ1n) is 10.4. The first kappa shape index (κ1) is 22.4. The molecular formula is C24H25ClN2O4S. The van der Waals surface area contributed by atoms with Gasteiger partial charge in [0.05, 0.1) is 12.9 Å². The van der Waals surface area contributed by atoms with Crippen molar-refractivity contribution in [2.45, 2.75) is 11.5 Å². The number of anilines is 1. The Bertz CT molecular complexity index is 1090. The molecule has 0 N–H and O–H groups in total. The first-order chi connectivity index (χ1) is 15.5. The number of nitrogens with zero attached hydrogens (tertiary/aromatic N) is 2. The van der Waals surface area contributed by atoms with Crippen LogP contribution in [0.15, 0.2) is 65.1 Å². The van der Waals surface area contributed by atoms with Gasteiger partial charge in [0.2, 0.25) is 0 Å². The summed E-state index contributed by atoms with van der Waals surface area (Å²) in [5.74, 6) is 2.20. The van der Waals surface area contributed by atoms with E-state index in [0.29, 0.717) is 35.4 Å². The highest BCUT2D eigenvalue weighted by atomic mass is 35.5. The Balaban J connectivity index is 1.31. The molecule has 0 spiro atoms. The second kappa shape index (κ2) is 10.2. The fraction of sp³-hybridized carbons (Fsp3) is 0.292. The Morgan fingerprint density at radius 3 is 2.50 bits per heavy atom. The van der Waals surface area contributed by atoms with E-state index in [0.717, 1.165) is 30.1 Å². The summed E-state index contributed by atoms with van der Waals surface area (Å²) >= 11 is 5.89. The number of methoxy groups -OCH3 is 1. The highest BCUT2D eigenvalue weighted by molar-refractivity contribution is 7.83. The smallest absolute Gasteiger partial charge is 0.289 e. The molecule has 168 valence electrons. The van der Waals surface area contributed by atoms with Gasteiger partial charge >= 0.3 is 0 Å². The molecule has 1 aliphatic heterocycles. The van der Waals surface area contributed by atoms with Crippen molar-refractivity contribution in [2.24, 2.45) is 0 Å². The van der Waals surface area contributed by atoms with Crippen LogP contribution < -0.4 is 9.64 Å². The van der Waals surface area contributed by atoms with Crippen molar-refractivity contribution >= 4 is 34.0 Å². The Labute approximate surface area is 195 Å². The molecule has 1 fully saturated rings. The van der Waals surface area contributed by atoms with Crippen molar-refractivity contribution in [2.75, 3.05) is 38.2 Å². The third-order valence-corrected chi connectivity index (χ3v) is 6.92. The molecule has 1 aliphatic rings. The number of hydrogen-bond acceptors (Lipinski definition) is 5. The molecule has 0 unspecified atom stereocenters. The standard InChI is InChI=1S/C24H25ClN2O4S/c1-30-21-4-2-3-20(15-21)26-11-13-27(14-12-26)24(28)23-10-9-22(31-23)17-32(29)16-18-5-7-19(25)8-6-18/h2-10,15H,11-14,16-17H2,1H3/t32-/m0/s1. The highest BCUT2D eigenvalue weighted by Gasteiger charge is 2.25. The third-order valence-electron chi connectivity index (χ3n) is 5.40. The molecule has 0 radical (unpaired) electrons. The molecule has 0 aliphatic carbocycles. The molecule has 1 amide bonds. The SMILES string of the molecule is COc1cccc(N2CCN(C(=O)c3ccc(C[S@@](=O)Cc4ccc(Cl)cc4)o3)CC2)c1. The number of hydrogen-bond donors (Lipinski definition) is 0. The zero-order valence-electron chi connectivity index (χ0n) is 17.8. The zero-order valence-corrected chi connectivity index (χ0v) is 19.4. The maximum absolute atomic E-state index is 12.9. The van der Waals surface area contributed by atoms with Crippen LogP contribution in [0.1, 0.15) is 21.9 Å². The Kier molecular flexibility index (Phi) is 7.17. The van der Waals surface area contributed by atoms with Crippen LogP contribution in [0.5, 0.6) is 5.75 Å². The Morgan fingerprint density at radius 2 is 1.78 bits per heavy atom. The lowest BCUT2D eigenvalue weighted by molar-refractivity contribution is 0.0713. The number of carbonyl (C=O) groups excluding carboxylic acids is 1. The molecule has 8 heteroatoms. The average Bonchev–Trinajstić information content (AvgIpc) is 3.28. The van der Waals surface area contributed by atoms with Gasteiger partial charge in [0.25, 0.3) is 5.91 Å². The summed E-state index contributed by atoms with van der Waals surface area (Å²) in [7, 11) is 0.513. The van der Waals surface area contributed by atoms with E-state index < -0.39 is 10.8 Å². The van der Waals surface area contributed by atoms with E-state index in [1.54, 1.807) is 36.3 Å². The van der Waals surface area contributed by atoms with Gasteiger partial charge in [-0.1, -0.05) is 29.8 Å². The van der Waals surface area contributed by atoms with Gasteiger partial charge < -0.3 is 19.0 Å². The highest BCUT2D eigenvalue weighted by Crippen LogP contribution is 2.23. The van der Waals surface area contributed by atoms with E-state index in [2.05, 4.69) is 4.90 Å². The second-order valence-electron chi connectivity index (χ2n) is 7.60. The zero-order chi connectivity index (χ0) is 22.5. The summed E-state index contributed by atoms with van der Waals surface area (Å²) in [6.07, 6.45) is 0. The van der Waals surface area contributed by atoms with E-state index in [4.69, 9.17) is 20.8 Å². The van der Waals surface area contributed by atoms with Crippen LogP contribution in [0, 0.1) is 0 Å². The lowest BCUT2D eigenvalue weighted by Gasteiger charge is -2.35. The van der Waals surface area contributed by atoms with Crippen LogP contribution in [0.2, 0.25) is 5.02 Å². The number of ether oxygens (including phenoxy) is 1. The lowest BCUT2D eigenvalue weighted by Crippen LogP contribution is -2.48. The number of carbonyl (C=O) groups is 1. The summed E-state index contributed by atoms with van der Waals surface area (Å²) in [5.41, 5.74) is 2.03. The molecule has 0 saturated carbocycles. The molecule has 1 aromatic heterocycles. The first-order valence-corrected chi connectivity index (χ1v) is 12.2. The van der Waals surface area contributed by atoms with Gasteiger partial charge in [-0.15, -0.1) is 0 Å². The Morgan fingerprint density at radius 1 is 1.03 bits per heavy atom.